The maximum absolute atomic E-state index is 13.0. The maximum atomic E-state index is 13.0. The smallest absolute Gasteiger partial charge is 0.123 e. The molecule has 0 aliphatic heterocycles. The van der Waals surface area contributed by atoms with Crippen LogP contribution in [0, 0.1) is 5.82 Å². The second-order valence-electron chi connectivity index (χ2n) is 5.09. The van der Waals surface area contributed by atoms with Gasteiger partial charge in [0.2, 0.25) is 0 Å². The number of hydrogen-bond donors (Lipinski definition) is 0. The minimum absolute atomic E-state index is 0.230. The van der Waals surface area contributed by atoms with Gasteiger partial charge in [-0.15, -0.1) is 0 Å². The Morgan fingerprint density at radius 1 is 1.00 bits per heavy atom. The second kappa shape index (κ2) is 5.52. The summed E-state index contributed by atoms with van der Waals surface area (Å²) < 4.78 is 13.0. The van der Waals surface area contributed by atoms with E-state index in [1.54, 1.807) is 12.1 Å². The molecule has 2 aromatic carbocycles. The van der Waals surface area contributed by atoms with E-state index < -0.39 is 0 Å². The van der Waals surface area contributed by atoms with Crippen LogP contribution in [0.1, 0.15) is 6.92 Å². The summed E-state index contributed by atoms with van der Waals surface area (Å²) in [6.45, 7) is 3.09. The molecule has 0 atom stereocenters. The number of aromatic nitrogens is 1. The molecule has 0 amide bonds. The summed E-state index contributed by atoms with van der Waals surface area (Å²) in [4.78, 5) is 6.85. The molecule has 0 saturated heterocycles. The highest BCUT2D eigenvalue weighted by atomic mass is 19.1. The molecule has 0 unspecified atom stereocenters. The van der Waals surface area contributed by atoms with Gasteiger partial charge in [-0.2, -0.15) is 0 Å². The molecule has 0 fully saturated rings. The van der Waals surface area contributed by atoms with Gasteiger partial charge in [0.25, 0.3) is 0 Å². The van der Waals surface area contributed by atoms with Crippen molar-refractivity contribution in [2.45, 2.75) is 6.92 Å². The average molecular weight is 280 g/mol. The van der Waals surface area contributed by atoms with Crippen molar-refractivity contribution in [1.29, 1.82) is 0 Å². The molecular formula is C18H17FN2. The molecule has 21 heavy (non-hydrogen) atoms. The number of fused-ring (bicyclic) bond motifs is 1. The summed E-state index contributed by atoms with van der Waals surface area (Å²) in [5, 5.41) is 1.11. The fourth-order valence-electron chi connectivity index (χ4n) is 2.31. The van der Waals surface area contributed by atoms with E-state index in [9.17, 15) is 4.39 Å². The van der Waals surface area contributed by atoms with Gasteiger partial charge >= 0.3 is 0 Å². The first kappa shape index (κ1) is 13.6. The quantitative estimate of drug-likeness (QED) is 0.702. The Bertz CT molecular complexity index is 766. The summed E-state index contributed by atoms with van der Waals surface area (Å²) in [5.41, 5.74) is 3.92. The lowest BCUT2D eigenvalue weighted by Crippen LogP contribution is -2.15. The van der Waals surface area contributed by atoms with E-state index in [4.69, 9.17) is 0 Å². The molecule has 1 heterocycles. The highest BCUT2D eigenvalue weighted by molar-refractivity contribution is 5.84. The summed E-state index contributed by atoms with van der Waals surface area (Å²) in [6, 6.07) is 16.7. The van der Waals surface area contributed by atoms with E-state index >= 15 is 0 Å². The number of rotatable bonds is 3. The van der Waals surface area contributed by atoms with Crippen LogP contribution in [-0.4, -0.2) is 18.6 Å². The van der Waals surface area contributed by atoms with E-state index in [1.165, 1.54) is 17.8 Å². The first-order chi connectivity index (χ1) is 10.2. The van der Waals surface area contributed by atoms with Gasteiger partial charge < -0.3 is 4.90 Å². The Labute approximate surface area is 123 Å². The van der Waals surface area contributed by atoms with Crippen molar-refractivity contribution in [1.82, 2.24) is 4.98 Å². The van der Waals surface area contributed by atoms with Crippen LogP contribution in [0.3, 0.4) is 0 Å². The maximum Gasteiger partial charge on any atom is 0.123 e. The second-order valence-corrected chi connectivity index (χ2v) is 5.09. The van der Waals surface area contributed by atoms with Crippen molar-refractivity contribution >= 4 is 16.6 Å². The number of pyridine rings is 1. The molecule has 3 aromatic rings. The van der Waals surface area contributed by atoms with Crippen LogP contribution < -0.4 is 4.90 Å². The monoisotopic (exact) mass is 280 g/mol. The molecule has 0 spiro atoms. The zero-order valence-electron chi connectivity index (χ0n) is 12.2. The molecular weight excluding hydrogens is 263 g/mol. The van der Waals surface area contributed by atoms with Crippen LogP contribution in [0.15, 0.2) is 54.6 Å². The summed E-state index contributed by atoms with van der Waals surface area (Å²) in [5.74, 6) is -0.230. The van der Waals surface area contributed by atoms with Gasteiger partial charge in [0.05, 0.1) is 11.2 Å². The van der Waals surface area contributed by atoms with E-state index in [0.29, 0.717) is 0 Å². The fourth-order valence-corrected chi connectivity index (χ4v) is 2.31. The summed E-state index contributed by atoms with van der Waals surface area (Å²) >= 11 is 0. The Kier molecular flexibility index (Phi) is 3.57. The number of hydrogen-bond acceptors (Lipinski definition) is 2. The SMILES string of the molecule is CCN(C)c1ccc2nc(-c3ccc(F)cc3)ccc2c1. The van der Waals surface area contributed by atoms with Gasteiger partial charge in [0, 0.05) is 30.2 Å². The normalized spacial score (nSPS) is 10.8. The molecule has 3 rings (SSSR count). The van der Waals surface area contributed by atoms with Crippen molar-refractivity contribution in [3.05, 3.63) is 60.4 Å². The van der Waals surface area contributed by atoms with Crippen LogP contribution >= 0.6 is 0 Å². The van der Waals surface area contributed by atoms with Crippen LogP contribution in [0.25, 0.3) is 22.2 Å². The predicted molar refractivity (Wildman–Crippen MR) is 86.1 cm³/mol. The number of halogens is 1. The van der Waals surface area contributed by atoms with Crippen molar-refractivity contribution in [3.8, 4) is 11.3 Å². The van der Waals surface area contributed by atoms with E-state index in [2.05, 4.69) is 42.1 Å². The van der Waals surface area contributed by atoms with E-state index in [1.807, 2.05) is 12.1 Å². The van der Waals surface area contributed by atoms with Crippen LogP contribution in [0.5, 0.6) is 0 Å². The summed E-state index contributed by atoms with van der Waals surface area (Å²) in [6.07, 6.45) is 0. The largest absolute Gasteiger partial charge is 0.375 e. The molecule has 0 aliphatic carbocycles. The molecule has 0 N–H and O–H groups in total. The molecule has 0 bridgehead atoms. The lowest BCUT2D eigenvalue weighted by Gasteiger charge is -2.17. The third-order valence-corrected chi connectivity index (χ3v) is 3.73. The van der Waals surface area contributed by atoms with Crippen LogP contribution in [0.2, 0.25) is 0 Å². The number of benzene rings is 2. The highest BCUT2D eigenvalue weighted by Gasteiger charge is 2.04. The third-order valence-electron chi connectivity index (χ3n) is 3.73. The van der Waals surface area contributed by atoms with Crippen LogP contribution in [-0.2, 0) is 0 Å². The van der Waals surface area contributed by atoms with Gasteiger partial charge in [-0.3, -0.25) is 0 Å². The fraction of sp³-hybridized carbons (Fsp3) is 0.167. The lowest BCUT2D eigenvalue weighted by molar-refractivity contribution is 0.628. The Morgan fingerprint density at radius 2 is 1.76 bits per heavy atom. The molecule has 106 valence electrons. The minimum atomic E-state index is -0.230. The third kappa shape index (κ3) is 2.72. The molecule has 2 nitrogen and oxygen atoms in total. The first-order valence-corrected chi connectivity index (χ1v) is 7.05. The average Bonchev–Trinajstić information content (AvgIpc) is 2.54. The molecule has 3 heteroatoms. The topological polar surface area (TPSA) is 16.1 Å². The van der Waals surface area contributed by atoms with Crippen molar-refractivity contribution in [2.75, 3.05) is 18.5 Å². The lowest BCUT2D eigenvalue weighted by atomic mass is 10.1. The van der Waals surface area contributed by atoms with E-state index in [-0.39, 0.29) is 5.82 Å². The Hall–Kier alpha value is -2.42. The van der Waals surface area contributed by atoms with Gasteiger partial charge in [0.15, 0.2) is 0 Å². The van der Waals surface area contributed by atoms with Gasteiger partial charge in [-0.25, -0.2) is 9.37 Å². The first-order valence-electron chi connectivity index (χ1n) is 7.05. The zero-order chi connectivity index (χ0) is 14.8. The van der Waals surface area contributed by atoms with Crippen LogP contribution in [0.4, 0.5) is 10.1 Å². The van der Waals surface area contributed by atoms with Crippen molar-refractivity contribution in [2.24, 2.45) is 0 Å². The Balaban J connectivity index is 2.03. The summed E-state index contributed by atoms with van der Waals surface area (Å²) in [7, 11) is 2.07. The van der Waals surface area contributed by atoms with Gasteiger partial charge in [-0.05, 0) is 55.5 Å². The molecule has 0 radical (unpaired) electrons. The van der Waals surface area contributed by atoms with E-state index in [0.717, 1.165) is 28.7 Å². The number of anilines is 1. The Morgan fingerprint density at radius 3 is 2.48 bits per heavy atom. The molecule has 1 aromatic heterocycles. The van der Waals surface area contributed by atoms with Crippen molar-refractivity contribution in [3.63, 3.8) is 0 Å². The standard InChI is InChI=1S/C18H17FN2/c1-3-21(2)16-9-11-18-14(12-16)6-10-17(20-18)13-4-7-15(19)8-5-13/h4-12H,3H2,1-2H3. The highest BCUT2D eigenvalue weighted by Crippen LogP contribution is 2.24. The minimum Gasteiger partial charge on any atom is -0.375 e. The van der Waals surface area contributed by atoms with Crippen molar-refractivity contribution < 1.29 is 4.39 Å². The molecule has 0 saturated carbocycles. The zero-order valence-corrected chi connectivity index (χ0v) is 12.2. The predicted octanol–water partition coefficient (Wildman–Crippen LogP) is 4.50. The van der Waals surface area contributed by atoms with Gasteiger partial charge in [-0.1, -0.05) is 6.07 Å². The number of nitrogens with zero attached hydrogens (tertiary/aromatic N) is 2. The van der Waals surface area contributed by atoms with Gasteiger partial charge in [0.1, 0.15) is 5.82 Å². The molecule has 0 aliphatic rings.